The second-order valence-electron chi connectivity index (χ2n) is 5.41. The maximum atomic E-state index is 12.6. The highest BCUT2D eigenvalue weighted by Gasteiger charge is 2.48. The summed E-state index contributed by atoms with van der Waals surface area (Å²) in [4.78, 5) is 11.8. The van der Waals surface area contributed by atoms with Crippen molar-refractivity contribution in [2.75, 3.05) is 18.5 Å². The van der Waals surface area contributed by atoms with Crippen molar-refractivity contribution in [1.82, 2.24) is 0 Å². The first kappa shape index (κ1) is 16.0. The molecule has 0 aliphatic carbocycles. The van der Waals surface area contributed by atoms with E-state index in [2.05, 4.69) is 5.32 Å². The molecule has 2 heterocycles. The van der Waals surface area contributed by atoms with Gasteiger partial charge in [0, 0.05) is 5.69 Å². The summed E-state index contributed by atoms with van der Waals surface area (Å²) in [5.41, 5.74) is 4.91. The molecule has 4 unspecified atom stereocenters. The van der Waals surface area contributed by atoms with Crippen molar-refractivity contribution in [3.63, 3.8) is 0 Å². The van der Waals surface area contributed by atoms with E-state index in [0.717, 1.165) is 12.1 Å². The molecule has 1 amide bonds. The lowest BCUT2D eigenvalue weighted by molar-refractivity contribution is -0.137. The van der Waals surface area contributed by atoms with Crippen molar-refractivity contribution in [2.45, 2.75) is 30.5 Å². The van der Waals surface area contributed by atoms with Crippen LogP contribution in [-0.2, 0) is 20.4 Å². The summed E-state index contributed by atoms with van der Waals surface area (Å²) in [7, 11) is 0. The van der Waals surface area contributed by atoms with Gasteiger partial charge in [-0.25, -0.2) is 4.79 Å². The van der Waals surface area contributed by atoms with Crippen LogP contribution in [-0.4, -0.2) is 43.7 Å². The monoisotopic (exact) mass is 332 g/mol. The number of carbonyl (C=O) groups excluding carboxylic acids is 1. The Morgan fingerprint density at radius 1 is 1.26 bits per heavy atom. The maximum Gasteiger partial charge on any atom is 0.416 e. The Labute approximate surface area is 129 Å². The number of hydrogen-bond acceptors (Lipinski definition) is 5. The first-order chi connectivity index (χ1) is 10.8. The van der Waals surface area contributed by atoms with Crippen LogP contribution in [0, 0.1) is 0 Å². The van der Waals surface area contributed by atoms with Crippen molar-refractivity contribution in [3.05, 3.63) is 29.8 Å². The molecule has 126 valence electrons. The molecular weight excluding hydrogens is 317 g/mol. The quantitative estimate of drug-likeness (QED) is 0.862. The van der Waals surface area contributed by atoms with Gasteiger partial charge in [-0.05, 0) is 18.2 Å². The molecule has 4 atom stereocenters. The number of alkyl halides is 3. The minimum atomic E-state index is -4.48. The summed E-state index contributed by atoms with van der Waals surface area (Å²) in [6.45, 7) is 0.448. The minimum absolute atomic E-state index is 0.00988. The number of benzene rings is 1. The molecule has 1 aromatic carbocycles. The van der Waals surface area contributed by atoms with Gasteiger partial charge >= 0.3 is 12.3 Å². The Bertz CT molecular complexity index is 596. The highest BCUT2D eigenvalue weighted by Crippen LogP contribution is 2.31. The molecule has 0 saturated carbocycles. The van der Waals surface area contributed by atoms with Gasteiger partial charge in [-0.2, -0.15) is 13.2 Å². The van der Waals surface area contributed by atoms with Gasteiger partial charge in [0.1, 0.15) is 12.2 Å². The third kappa shape index (κ3) is 3.41. The zero-order valence-corrected chi connectivity index (χ0v) is 11.9. The number of amides is 1. The summed E-state index contributed by atoms with van der Waals surface area (Å²) >= 11 is 0. The van der Waals surface area contributed by atoms with Crippen molar-refractivity contribution >= 4 is 11.8 Å². The predicted octanol–water partition coefficient (Wildman–Crippen LogP) is 1.75. The minimum Gasteiger partial charge on any atom is -0.441 e. The average Bonchev–Trinajstić information content (AvgIpc) is 3.03. The molecule has 2 aliphatic rings. The Kier molecular flexibility index (Phi) is 4.17. The first-order valence-corrected chi connectivity index (χ1v) is 6.98. The van der Waals surface area contributed by atoms with E-state index in [1.807, 2.05) is 0 Å². The van der Waals surface area contributed by atoms with Crippen molar-refractivity contribution in [3.8, 4) is 0 Å². The highest BCUT2D eigenvalue weighted by molar-refractivity contribution is 5.84. The summed E-state index contributed by atoms with van der Waals surface area (Å²) in [6, 6.07) is 4.01. The lowest BCUT2D eigenvalue weighted by Crippen LogP contribution is -2.38. The molecule has 2 saturated heterocycles. The van der Waals surface area contributed by atoms with Gasteiger partial charge in [-0.1, -0.05) is 6.07 Å². The van der Waals surface area contributed by atoms with Crippen LogP contribution in [0.15, 0.2) is 24.3 Å². The van der Waals surface area contributed by atoms with E-state index in [-0.39, 0.29) is 24.4 Å². The number of nitrogens with two attached hydrogens (primary N) is 1. The number of rotatable bonds is 2. The standard InChI is InChI=1S/C14H15F3N2O4/c15-14(16,17)7-2-1-3-8(4-7)19-13(20)23-10-6-22-11-9(18)5-21-12(10)11/h1-4,9-12H,5-6,18H2,(H,19,20). The number of halogens is 3. The zero-order chi connectivity index (χ0) is 16.6. The molecule has 3 N–H and O–H groups in total. The third-order valence-corrected chi connectivity index (χ3v) is 3.74. The van der Waals surface area contributed by atoms with E-state index in [1.54, 1.807) is 0 Å². The zero-order valence-electron chi connectivity index (χ0n) is 11.9. The van der Waals surface area contributed by atoms with Gasteiger partial charge in [0.15, 0.2) is 6.10 Å². The fourth-order valence-corrected chi connectivity index (χ4v) is 2.65. The van der Waals surface area contributed by atoms with Crippen LogP contribution in [0.5, 0.6) is 0 Å². The van der Waals surface area contributed by atoms with Gasteiger partial charge in [0.05, 0.1) is 24.8 Å². The molecule has 0 bridgehead atoms. The van der Waals surface area contributed by atoms with Crippen LogP contribution < -0.4 is 11.1 Å². The second kappa shape index (κ2) is 5.99. The average molecular weight is 332 g/mol. The Morgan fingerprint density at radius 3 is 2.74 bits per heavy atom. The fourth-order valence-electron chi connectivity index (χ4n) is 2.65. The normalized spacial score (nSPS) is 30.1. The number of carbonyl (C=O) groups is 1. The van der Waals surface area contributed by atoms with Gasteiger partial charge in [0.25, 0.3) is 0 Å². The molecule has 0 aromatic heterocycles. The molecule has 2 aliphatic heterocycles. The summed E-state index contributed by atoms with van der Waals surface area (Å²) in [6.07, 6.45) is -6.78. The molecule has 2 fully saturated rings. The molecule has 3 rings (SSSR count). The van der Waals surface area contributed by atoms with Crippen molar-refractivity contribution in [2.24, 2.45) is 5.73 Å². The number of fused-ring (bicyclic) bond motifs is 1. The van der Waals surface area contributed by atoms with E-state index < -0.39 is 30.0 Å². The van der Waals surface area contributed by atoms with Crippen LogP contribution in [0.1, 0.15) is 5.56 Å². The van der Waals surface area contributed by atoms with E-state index >= 15 is 0 Å². The van der Waals surface area contributed by atoms with Crippen LogP contribution >= 0.6 is 0 Å². The van der Waals surface area contributed by atoms with Gasteiger partial charge in [-0.3, -0.25) is 5.32 Å². The molecular formula is C14H15F3N2O4. The lowest BCUT2D eigenvalue weighted by Gasteiger charge is -2.17. The fraction of sp³-hybridized carbons (Fsp3) is 0.500. The number of nitrogens with one attached hydrogen (secondary N) is 1. The van der Waals surface area contributed by atoms with Crippen molar-refractivity contribution < 1.29 is 32.2 Å². The Hall–Kier alpha value is -1.84. The SMILES string of the molecule is NC1COC2C(OC(=O)Nc3cccc(C(F)(F)F)c3)COC12. The Balaban J connectivity index is 1.60. The predicted molar refractivity (Wildman–Crippen MR) is 72.8 cm³/mol. The molecule has 1 aromatic rings. The first-order valence-electron chi connectivity index (χ1n) is 6.98. The maximum absolute atomic E-state index is 12.6. The van der Waals surface area contributed by atoms with E-state index in [4.69, 9.17) is 19.9 Å². The molecule has 9 heteroatoms. The number of ether oxygens (including phenoxy) is 3. The molecule has 0 spiro atoms. The van der Waals surface area contributed by atoms with E-state index in [9.17, 15) is 18.0 Å². The van der Waals surface area contributed by atoms with Gasteiger partial charge in [0.2, 0.25) is 0 Å². The molecule has 6 nitrogen and oxygen atoms in total. The van der Waals surface area contributed by atoms with Gasteiger partial charge < -0.3 is 19.9 Å². The summed E-state index contributed by atoms with van der Waals surface area (Å²) < 4.78 is 53.9. The van der Waals surface area contributed by atoms with Gasteiger partial charge in [-0.15, -0.1) is 0 Å². The van der Waals surface area contributed by atoms with Crippen LogP contribution in [0.4, 0.5) is 23.7 Å². The number of anilines is 1. The smallest absolute Gasteiger partial charge is 0.416 e. The Morgan fingerprint density at radius 2 is 2.00 bits per heavy atom. The van der Waals surface area contributed by atoms with E-state index in [0.29, 0.717) is 6.61 Å². The molecule has 0 radical (unpaired) electrons. The number of hydrogen-bond donors (Lipinski definition) is 2. The largest absolute Gasteiger partial charge is 0.441 e. The van der Waals surface area contributed by atoms with Crippen LogP contribution in [0.3, 0.4) is 0 Å². The lowest BCUT2D eigenvalue weighted by atomic mass is 10.1. The van der Waals surface area contributed by atoms with Crippen LogP contribution in [0.2, 0.25) is 0 Å². The highest BCUT2D eigenvalue weighted by atomic mass is 19.4. The second-order valence-corrected chi connectivity index (χ2v) is 5.41. The van der Waals surface area contributed by atoms with Crippen LogP contribution in [0.25, 0.3) is 0 Å². The van der Waals surface area contributed by atoms with Crippen molar-refractivity contribution in [1.29, 1.82) is 0 Å². The summed E-state index contributed by atoms with van der Waals surface area (Å²) in [5, 5.41) is 2.27. The summed E-state index contributed by atoms with van der Waals surface area (Å²) in [5.74, 6) is 0. The third-order valence-electron chi connectivity index (χ3n) is 3.74. The topological polar surface area (TPSA) is 82.8 Å². The van der Waals surface area contributed by atoms with E-state index in [1.165, 1.54) is 12.1 Å². The molecule has 23 heavy (non-hydrogen) atoms.